The first-order valence-electron chi connectivity index (χ1n) is 5.25. The third-order valence-corrected chi connectivity index (χ3v) is 3.71. The molecule has 0 radical (unpaired) electrons. The van der Waals surface area contributed by atoms with Crippen molar-refractivity contribution >= 4 is 21.7 Å². The molecule has 0 aromatic heterocycles. The SMILES string of the molecule is COC(=O)c1cc([N+](=O)[O-])ccc1S(=O)(=O)NN(C)C. The second-order valence-corrected chi connectivity index (χ2v) is 5.55. The van der Waals surface area contributed by atoms with E-state index in [1.165, 1.54) is 14.1 Å². The van der Waals surface area contributed by atoms with Crippen LogP contribution in [0.3, 0.4) is 0 Å². The lowest BCUT2D eigenvalue weighted by Crippen LogP contribution is -2.36. The van der Waals surface area contributed by atoms with Gasteiger partial charge in [0.05, 0.1) is 22.5 Å². The summed E-state index contributed by atoms with van der Waals surface area (Å²) in [5.74, 6) is -0.979. The molecule has 0 atom stereocenters. The number of non-ortho nitro benzene ring substituents is 1. The van der Waals surface area contributed by atoms with Crippen molar-refractivity contribution in [3.05, 3.63) is 33.9 Å². The lowest BCUT2D eigenvalue weighted by Gasteiger charge is -2.14. The molecule has 0 saturated heterocycles. The Morgan fingerprint density at radius 1 is 1.40 bits per heavy atom. The number of ether oxygens (including phenoxy) is 1. The number of hydrogen-bond donors (Lipinski definition) is 1. The third kappa shape index (κ3) is 3.50. The minimum absolute atomic E-state index is 0.399. The number of benzene rings is 1. The van der Waals surface area contributed by atoms with Gasteiger partial charge in [-0.2, -0.15) is 0 Å². The largest absolute Gasteiger partial charge is 0.465 e. The summed E-state index contributed by atoms with van der Waals surface area (Å²) in [5.41, 5.74) is -0.815. The van der Waals surface area contributed by atoms with Gasteiger partial charge in [-0.15, -0.1) is 4.83 Å². The van der Waals surface area contributed by atoms with Gasteiger partial charge in [0.2, 0.25) is 0 Å². The van der Waals surface area contributed by atoms with E-state index >= 15 is 0 Å². The Morgan fingerprint density at radius 2 is 2.00 bits per heavy atom. The minimum atomic E-state index is -4.04. The molecule has 0 heterocycles. The van der Waals surface area contributed by atoms with Crippen LogP contribution in [0.25, 0.3) is 0 Å². The topological polar surface area (TPSA) is 119 Å². The molecule has 0 unspecified atom stereocenters. The molecule has 20 heavy (non-hydrogen) atoms. The van der Waals surface area contributed by atoms with Crippen LogP contribution in [-0.4, -0.2) is 45.5 Å². The highest BCUT2D eigenvalue weighted by Gasteiger charge is 2.26. The Balaban J connectivity index is 3.47. The first-order chi connectivity index (χ1) is 9.19. The van der Waals surface area contributed by atoms with Gasteiger partial charge in [0, 0.05) is 26.2 Å². The number of nitro groups is 1. The van der Waals surface area contributed by atoms with Crippen molar-refractivity contribution < 1.29 is 22.9 Å². The number of sulfonamides is 1. The van der Waals surface area contributed by atoms with Crippen molar-refractivity contribution in [3.63, 3.8) is 0 Å². The highest BCUT2D eigenvalue weighted by Crippen LogP contribution is 2.22. The first kappa shape index (κ1) is 16.0. The summed E-state index contributed by atoms with van der Waals surface area (Å²) in [5, 5.41) is 11.8. The molecule has 0 aliphatic heterocycles. The fourth-order valence-electron chi connectivity index (χ4n) is 1.42. The number of hydrogen-bond acceptors (Lipinski definition) is 7. The average Bonchev–Trinajstić information content (AvgIpc) is 2.35. The monoisotopic (exact) mass is 303 g/mol. The van der Waals surface area contributed by atoms with Crippen molar-refractivity contribution in [2.45, 2.75) is 4.90 Å². The molecule has 1 rings (SSSR count). The molecular weight excluding hydrogens is 290 g/mol. The van der Waals surface area contributed by atoms with Crippen LogP contribution in [0.2, 0.25) is 0 Å². The van der Waals surface area contributed by atoms with E-state index < -0.39 is 37.1 Å². The van der Waals surface area contributed by atoms with Gasteiger partial charge in [0.25, 0.3) is 15.7 Å². The zero-order chi connectivity index (χ0) is 15.5. The second kappa shape index (κ2) is 5.94. The van der Waals surface area contributed by atoms with E-state index in [0.29, 0.717) is 0 Å². The lowest BCUT2D eigenvalue weighted by molar-refractivity contribution is -0.384. The van der Waals surface area contributed by atoms with Gasteiger partial charge in [0.15, 0.2) is 0 Å². The van der Waals surface area contributed by atoms with Crippen molar-refractivity contribution in [2.75, 3.05) is 21.2 Å². The summed E-state index contributed by atoms with van der Waals surface area (Å²) in [7, 11) is -0.0924. The maximum atomic E-state index is 12.0. The molecule has 110 valence electrons. The van der Waals surface area contributed by atoms with Crippen molar-refractivity contribution in [1.82, 2.24) is 9.84 Å². The summed E-state index contributed by atoms with van der Waals surface area (Å²) in [4.78, 5) is 23.3. The minimum Gasteiger partial charge on any atom is -0.465 e. The molecular formula is C10H13N3O6S. The Morgan fingerprint density at radius 3 is 2.45 bits per heavy atom. The molecule has 1 aromatic carbocycles. The maximum Gasteiger partial charge on any atom is 0.339 e. The van der Waals surface area contributed by atoms with Crippen LogP contribution in [0, 0.1) is 10.1 Å². The van der Waals surface area contributed by atoms with Crippen LogP contribution in [0.1, 0.15) is 10.4 Å². The highest BCUT2D eigenvalue weighted by molar-refractivity contribution is 7.89. The van der Waals surface area contributed by atoms with E-state index in [2.05, 4.69) is 9.57 Å². The number of carbonyl (C=O) groups excluding carboxylic acids is 1. The number of nitrogens with one attached hydrogen (secondary N) is 1. The number of hydrazine groups is 1. The molecule has 0 aliphatic rings. The molecule has 0 bridgehead atoms. The predicted molar refractivity (Wildman–Crippen MR) is 68.4 cm³/mol. The zero-order valence-electron chi connectivity index (χ0n) is 11.0. The number of nitrogens with zero attached hydrogens (tertiary/aromatic N) is 2. The molecule has 10 heteroatoms. The molecule has 9 nitrogen and oxygen atoms in total. The van der Waals surface area contributed by atoms with Crippen LogP contribution in [0.4, 0.5) is 5.69 Å². The van der Waals surface area contributed by atoms with Gasteiger partial charge in [-0.05, 0) is 6.07 Å². The van der Waals surface area contributed by atoms with Gasteiger partial charge in [0.1, 0.15) is 0 Å². The predicted octanol–water partition coefficient (Wildman–Crippen LogP) is 0.136. The quantitative estimate of drug-likeness (QED) is 0.466. The van der Waals surface area contributed by atoms with Crippen LogP contribution in [0.15, 0.2) is 23.1 Å². The van der Waals surface area contributed by atoms with E-state index in [-0.39, 0.29) is 0 Å². The Kier molecular flexibility index (Phi) is 4.76. The zero-order valence-corrected chi connectivity index (χ0v) is 11.8. The Bertz CT molecular complexity index is 640. The molecule has 0 amide bonds. The smallest absolute Gasteiger partial charge is 0.339 e. The van der Waals surface area contributed by atoms with Crippen molar-refractivity contribution in [1.29, 1.82) is 0 Å². The van der Waals surface area contributed by atoms with Gasteiger partial charge >= 0.3 is 5.97 Å². The summed E-state index contributed by atoms with van der Waals surface area (Å²) < 4.78 is 28.5. The summed E-state index contributed by atoms with van der Waals surface area (Å²) in [6.45, 7) is 0. The highest BCUT2D eigenvalue weighted by atomic mass is 32.2. The Hall–Kier alpha value is -2.04. The summed E-state index contributed by atoms with van der Waals surface area (Å²) >= 11 is 0. The standard InChI is InChI=1S/C10H13N3O6S/c1-12(2)11-20(17,18)9-5-4-7(13(15)16)6-8(9)10(14)19-3/h4-6,11H,1-3H3. The van der Waals surface area contributed by atoms with Crippen molar-refractivity contribution in [3.8, 4) is 0 Å². The fourth-order valence-corrected chi connectivity index (χ4v) is 2.68. The van der Waals surface area contributed by atoms with Gasteiger partial charge in [-0.1, -0.05) is 0 Å². The van der Waals surface area contributed by atoms with Gasteiger partial charge < -0.3 is 4.74 Å². The number of carbonyl (C=O) groups is 1. The molecule has 1 aromatic rings. The summed E-state index contributed by atoms with van der Waals surface area (Å²) in [6, 6.07) is 2.84. The molecule has 0 saturated carbocycles. The second-order valence-electron chi connectivity index (χ2n) is 3.92. The third-order valence-electron chi connectivity index (χ3n) is 2.17. The van der Waals surface area contributed by atoms with E-state index in [0.717, 1.165) is 30.3 Å². The molecule has 0 fully saturated rings. The normalized spacial score (nSPS) is 11.4. The van der Waals surface area contributed by atoms with E-state index in [4.69, 9.17) is 0 Å². The van der Waals surface area contributed by atoms with E-state index in [1.54, 1.807) is 0 Å². The van der Waals surface area contributed by atoms with Crippen LogP contribution < -0.4 is 4.83 Å². The van der Waals surface area contributed by atoms with E-state index in [1.807, 2.05) is 0 Å². The maximum absolute atomic E-state index is 12.0. The number of methoxy groups -OCH3 is 1. The summed E-state index contributed by atoms with van der Waals surface area (Å²) in [6.07, 6.45) is 0. The van der Waals surface area contributed by atoms with E-state index in [9.17, 15) is 23.3 Å². The molecule has 0 spiro atoms. The average molecular weight is 303 g/mol. The van der Waals surface area contributed by atoms with Gasteiger partial charge in [-0.3, -0.25) is 10.1 Å². The van der Waals surface area contributed by atoms with Crippen LogP contribution in [0.5, 0.6) is 0 Å². The number of nitro benzene ring substituents is 1. The Labute approximate surface area is 115 Å². The number of esters is 1. The first-order valence-corrected chi connectivity index (χ1v) is 6.74. The lowest BCUT2D eigenvalue weighted by atomic mass is 10.2. The van der Waals surface area contributed by atoms with Crippen molar-refractivity contribution in [2.24, 2.45) is 0 Å². The van der Waals surface area contributed by atoms with Crippen LogP contribution in [-0.2, 0) is 14.8 Å². The molecule has 0 aliphatic carbocycles. The van der Waals surface area contributed by atoms with Crippen LogP contribution >= 0.6 is 0 Å². The molecule has 1 N–H and O–H groups in total. The van der Waals surface area contributed by atoms with Gasteiger partial charge in [-0.25, -0.2) is 18.2 Å². The number of rotatable bonds is 5. The fraction of sp³-hybridized carbons (Fsp3) is 0.300.